The molecule has 4 nitrogen and oxygen atoms in total. The summed E-state index contributed by atoms with van der Waals surface area (Å²) in [6, 6.07) is 0. The molecular weight excluding hydrogens is 300 g/mol. The zero-order chi connectivity index (χ0) is 16.5. The van der Waals surface area contributed by atoms with E-state index in [2.05, 4.69) is 21.5 Å². The molecule has 0 bridgehead atoms. The van der Waals surface area contributed by atoms with Crippen LogP contribution in [0.5, 0.6) is 0 Å². The lowest BCUT2D eigenvalue weighted by molar-refractivity contribution is -0.121. The molecule has 0 aromatic rings. The zero-order valence-electron chi connectivity index (χ0n) is 13.2. The molecule has 2 saturated carbocycles. The Morgan fingerprint density at radius 2 is 1.83 bits per heavy atom. The fraction of sp³-hybridized carbons (Fsp3) is 0.824. The van der Waals surface area contributed by atoms with Gasteiger partial charge >= 0.3 is 0 Å². The third-order valence-corrected chi connectivity index (χ3v) is 5.53. The van der Waals surface area contributed by atoms with E-state index in [0.29, 0.717) is 51.0 Å². The maximum atomic E-state index is 13.3. The minimum atomic E-state index is -2.42. The number of alkyl halides is 2. The number of halogens is 2. The van der Waals surface area contributed by atoms with E-state index in [1.54, 1.807) is 0 Å². The third-order valence-electron chi connectivity index (χ3n) is 5.53. The molecule has 0 aromatic carbocycles. The maximum Gasteiger partial charge on any atom is 0.254 e. The molecule has 3 rings (SSSR count). The predicted molar refractivity (Wildman–Crippen MR) is 81.8 cm³/mol. The second kappa shape index (κ2) is 6.18. The van der Waals surface area contributed by atoms with Crippen LogP contribution < -0.4 is 5.32 Å². The van der Waals surface area contributed by atoms with Crippen molar-refractivity contribution >= 4 is 5.91 Å². The summed E-state index contributed by atoms with van der Waals surface area (Å²) in [6.07, 6.45) is 10.3. The summed E-state index contributed by atoms with van der Waals surface area (Å²) in [5.41, 5.74) is -0.418. The molecule has 0 radical (unpaired) electrons. The van der Waals surface area contributed by atoms with Crippen molar-refractivity contribution in [3.63, 3.8) is 0 Å². The predicted octanol–water partition coefficient (Wildman–Crippen LogP) is 3.53. The van der Waals surface area contributed by atoms with E-state index >= 15 is 0 Å². The van der Waals surface area contributed by atoms with Crippen LogP contribution in [0.3, 0.4) is 0 Å². The van der Waals surface area contributed by atoms with Gasteiger partial charge in [0, 0.05) is 44.1 Å². The highest BCUT2D eigenvalue weighted by Gasteiger charge is 2.67. The molecule has 1 heterocycles. The first-order valence-electron chi connectivity index (χ1n) is 8.49. The maximum absolute atomic E-state index is 13.3. The van der Waals surface area contributed by atoms with E-state index in [1.165, 1.54) is 0 Å². The lowest BCUT2D eigenvalue weighted by atomic mass is 9.97. The first kappa shape index (κ1) is 16.4. The molecule has 126 valence electrons. The van der Waals surface area contributed by atoms with Crippen LogP contribution in [-0.4, -0.2) is 24.0 Å². The first-order chi connectivity index (χ1) is 11.0. The monoisotopic (exact) mass is 323 g/mol. The second-order valence-electron chi connectivity index (χ2n) is 7.10. The molecule has 1 amide bonds. The van der Waals surface area contributed by atoms with Crippen LogP contribution in [0.1, 0.15) is 51.4 Å². The Morgan fingerprint density at radius 1 is 1.17 bits per heavy atom. The molecule has 2 atom stereocenters. The van der Waals surface area contributed by atoms with Crippen LogP contribution in [-0.2, 0) is 4.79 Å². The van der Waals surface area contributed by atoms with Gasteiger partial charge in [0.15, 0.2) is 5.66 Å². The summed E-state index contributed by atoms with van der Waals surface area (Å²) in [5, 5.41) is 11.0. The molecular formula is C17H23F2N3O. The molecule has 2 aliphatic carbocycles. The molecule has 6 heteroatoms. The van der Waals surface area contributed by atoms with Gasteiger partial charge in [0.2, 0.25) is 5.91 Å². The summed E-state index contributed by atoms with van der Waals surface area (Å²) in [7, 11) is 0. The summed E-state index contributed by atoms with van der Waals surface area (Å²) in [4.78, 5) is 11.9. The van der Waals surface area contributed by atoms with E-state index < -0.39 is 23.4 Å². The zero-order valence-corrected chi connectivity index (χ0v) is 13.2. The van der Waals surface area contributed by atoms with Crippen molar-refractivity contribution < 1.29 is 13.6 Å². The number of hydrogen-bond donors (Lipinski definition) is 1. The molecule has 1 N–H and O–H groups in total. The molecule has 3 aliphatic rings. The van der Waals surface area contributed by atoms with Crippen LogP contribution in [0, 0.1) is 30.1 Å². The number of terminal acetylenes is 1. The molecule has 0 aromatic heterocycles. The van der Waals surface area contributed by atoms with Gasteiger partial charge in [0.1, 0.15) is 0 Å². The topological polar surface area (TPSA) is 53.8 Å². The minimum absolute atomic E-state index is 0.0119. The Bertz CT molecular complexity index is 518. The molecule has 1 aliphatic heterocycles. The van der Waals surface area contributed by atoms with Gasteiger partial charge in [-0.2, -0.15) is 10.2 Å². The standard InChI is InChI=1S/C17H23F2N3O/c1-2-3-9-16(21-22-16)10-8-15(23)20-11-12-4-6-13-14(7-5-12)17(13,18)19/h1,12-14H,3-11H2,(H,20,23). The number of carbonyl (C=O) groups is 1. The Hall–Kier alpha value is -1.51. The highest BCUT2D eigenvalue weighted by Crippen LogP contribution is 2.61. The average molecular weight is 323 g/mol. The Balaban J connectivity index is 1.32. The summed E-state index contributed by atoms with van der Waals surface area (Å²) in [5.74, 6) is -0.349. The number of amides is 1. The van der Waals surface area contributed by atoms with Gasteiger partial charge in [-0.3, -0.25) is 4.79 Å². The molecule has 0 spiro atoms. The highest BCUT2D eigenvalue weighted by molar-refractivity contribution is 5.76. The van der Waals surface area contributed by atoms with Crippen molar-refractivity contribution in [3.05, 3.63) is 0 Å². The van der Waals surface area contributed by atoms with Crippen molar-refractivity contribution in [2.24, 2.45) is 28.0 Å². The van der Waals surface area contributed by atoms with Crippen molar-refractivity contribution in [1.82, 2.24) is 5.32 Å². The SMILES string of the molecule is C#CCCC1(CCC(=O)NCC2CCC3C(CC2)C3(F)F)N=N1. The number of hydrogen-bond acceptors (Lipinski definition) is 3. The van der Waals surface area contributed by atoms with E-state index in [0.717, 1.165) is 12.8 Å². The molecule has 0 saturated heterocycles. The lowest BCUT2D eigenvalue weighted by Crippen LogP contribution is -2.30. The minimum Gasteiger partial charge on any atom is -0.356 e. The van der Waals surface area contributed by atoms with Crippen LogP contribution in [0.25, 0.3) is 0 Å². The molecule has 2 fully saturated rings. The van der Waals surface area contributed by atoms with Crippen LogP contribution in [0.2, 0.25) is 0 Å². The summed E-state index contributed by atoms with van der Waals surface area (Å²) < 4.78 is 26.7. The second-order valence-corrected chi connectivity index (χ2v) is 7.10. The molecule has 23 heavy (non-hydrogen) atoms. The van der Waals surface area contributed by atoms with Crippen molar-refractivity contribution in [1.29, 1.82) is 0 Å². The van der Waals surface area contributed by atoms with Crippen LogP contribution in [0.15, 0.2) is 10.2 Å². The van der Waals surface area contributed by atoms with E-state index in [1.807, 2.05) is 0 Å². The fourth-order valence-electron chi connectivity index (χ4n) is 3.76. The van der Waals surface area contributed by atoms with Crippen LogP contribution in [0.4, 0.5) is 8.78 Å². The number of carbonyl (C=O) groups excluding carboxylic acids is 1. The van der Waals surface area contributed by atoms with Crippen molar-refractivity contribution in [2.75, 3.05) is 6.54 Å². The van der Waals surface area contributed by atoms with Gasteiger partial charge in [-0.15, -0.1) is 12.3 Å². The van der Waals surface area contributed by atoms with Gasteiger partial charge in [-0.1, -0.05) is 0 Å². The lowest BCUT2D eigenvalue weighted by Gasteiger charge is -2.17. The fourth-order valence-corrected chi connectivity index (χ4v) is 3.76. The van der Waals surface area contributed by atoms with Gasteiger partial charge in [-0.25, -0.2) is 8.78 Å². The number of rotatable bonds is 7. The van der Waals surface area contributed by atoms with Crippen molar-refractivity contribution in [3.8, 4) is 12.3 Å². The first-order valence-corrected chi connectivity index (χ1v) is 8.49. The van der Waals surface area contributed by atoms with Gasteiger partial charge in [-0.05, 0) is 31.6 Å². The normalized spacial score (nSPS) is 32.3. The van der Waals surface area contributed by atoms with E-state index in [-0.39, 0.29) is 5.91 Å². The van der Waals surface area contributed by atoms with Gasteiger partial charge in [0.05, 0.1) is 0 Å². The Kier molecular flexibility index (Phi) is 4.39. The summed E-state index contributed by atoms with van der Waals surface area (Å²) in [6.45, 7) is 0.593. The van der Waals surface area contributed by atoms with Gasteiger partial charge in [0.25, 0.3) is 5.92 Å². The Labute approximate surface area is 135 Å². The average Bonchev–Trinajstić information content (AvgIpc) is 3.40. The van der Waals surface area contributed by atoms with E-state index in [4.69, 9.17) is 6.42 Å². The number of fused-ring (bicyclic) bond motifs is 1. The van der Waals surface area contributed by atoms with Crippen molar-refractivity contribution in [2.45, 2.75) is 63.0 Å². The quantitative estimate of drug-likeness (QED) is 0.716. The highest BCUT2D eigenvalue weighted by atomic mass is 19.3. The molecule has 2 unspecified atom stereocenters. The number of nitrogens with one attached hydrogen (secondary N) is 1. The number of nitrogens with zero attached hydrogens (tertiary/aromatic N) is 2. The van der Waals surface area contributed by atoms with Crippen LogP contribution >= 0.6 is 0 Å². The van der Waals surface area contributed by atoms with E-state index in [9.17, 15) is 13.6 Å². The van der Waals surface area contributed by atoms with Gasteiger partial charge < -0.3 is 5.32 Å². The largest absolute Gasteiger partial charge is 0.356 e. The summed E-state index contributed by atoms with van der Waals surface area (Å²) >= 11 is 0. The third kappa shape index (κ3) is 3.70. The Morgan fingerprint density at radius 3 is 2.39 bits per heavy atom. The smallest absolute Gasteiger partial charge is 0.254 e.